The van der Waals surface area contributed by atoms with Crippen LogP contribution in [0.4, 0.5) is 0 Å². The summed E-state index contributed by atoms with van der Waals surface area (Å²) in [7, 11) is -3.53. The molecule has 1 heterocycles. The van der Waals surface area contributed by atoms with Crippen molar-refractivity contribution < 1.29 is 8.42 Å². The van der Waals surface area contributed by atoms with E-state index in [9.17, 15) is 8.42 Å². The van der Waals surface area contributed by atoms with Gasteiger partial charge in [0.1, 0.15) is 0 Å². The third kappa shape index (κ3) is 3.06. The molecule has 7 heteroatoms. The normalized spacial score (nSPS) is 25.5. The van der Waals surface area contributed by atoms with Crippen LogP contribution in [-0.4, -0.2) is 37.9 Å². The van der Waals surface area contributed by atoms with Crippen molar-refractivity contribution in [2.45, 2.75) is 30.8 Å². The lowest BCUT2D eigenvalue weighted by atomic mass is 10.2. The first kappa shape index (κ1) is 15.1. The molecule has 0 spiro atoms. The fourth-order valence-electron chi connectivity index (χ4n) is 2.10. The van der Waals surface area contributed by atoms with Crippen molar-refractivity contribution in [3.05, 3.63) is 28.2 Å². The van der Waals surface area contributed by atoms with Gasteiger partial charge in [0.15, 0.2) is 0 Å². The van der Waals surface area contributed by atoms with Gasteiger partial charge in [-0.1, -0.05) is 23.2 Å². The van der Waals surface area contributed by atoms with Crippen LogP contribution in [0.1, 0.15) is 13.8 Å². The summed E-state index contributed by atoms with van der Waals surface area (Å²) in [5.74, 6) is 0. The lowest BCUT2D eigenvalue weighted by Gasteiger charge is -2.36. The van der Waals surface area contributed by atoms with Crippen molar-refractivity contribution >= 4 is 33.2 Å². The van der Waals surface area contributed by atoms with Gasteiger partial charge >= 0.3 is 0 Å². The second-order valence-corrected chi connectivity index (χ2v) is 7.51. The smallest absolute Gasteiger partial charge is 0.243 e. The Morgan fingerprint density at radius 3 is 2.58 bits per heavy atom. The first-order valence-corrected chi connectivity index (χ1v) is 8.22. The summed E-state index contributed by atoms with van der Waals surface area (Å²) in [4.78, 5) is 0.183. The zero-order valence-electron chi connectivity index (χ0n) is 10.7. The molecule has 1 aromatic carbocycles. The monoisotopic (exact) mass is 322 g/mol. The topological polar surface area (TPSA) is 49.4 Å². The van der Waals surface area contributed by atoms with Gasteiger partial charge in [-0.25, -0.2) is 8.42 Å². The van der Waals surface area contributed by atoms with Crippen molar-refractivity contribution in [2.24, 2.45) is 0 Å². The maximum atomic E-state index is 12.6. The molecule has 2 atom stereocenters. The van der Waals surface area contributed by atoms with Crippen molar-refractivity contribution in [3.63, 3.8) is 0 Å². The SMILES string of the molecule is C[C@@H]1CN(S(=O)(=O)c2ccc(Cl)c(Cl)c2)[C@@H](C)CN1. The molecule has 2 rings (SSSR count). The number of sulfonamides is 1. The lowest BCUT2D eigenvalue weighted by Crippen LogP contribution is -2.56. The summed E-state index contributed by atoms with van der Waals surface area (Å²) >= 11 is 11.7. The highest BCUT2D eigenvalue weighted by atomic mass is 35.5. The Balaban J connectivity index is 2.38. The van der Waals surface area contributed by atoms with E-state index in [-0.39, 0.29) is 22.0 Å². The highest BCUT2D eigenvalue weighted by Crippen LogP contribution is 2.27. The number of hydrogen-bond acceptors (Lipinski definition) is 3. The Hall–Kier alpha value is -0.330. The van der Waals surface area contributed by atoms with Crippen LogP contribution in [0.5, 0.6) is 0 Å². The number of rotatable bonds is 2. The molecule has 106 valence electrons. The minimum atomic E-state index is -3.53. The van der Waals surface area contributed by atoms with E-state index in [4.69, 9.17) is 23.2 Å². The Bertz CT molecular complexity index is 577. The average Bonchev–Trinajstić information content (AvgIpc) is 2.35. The molecule has 1 aliphatic heterocycles. The first-order valence-electron chi connectivity index (χ1n) is 6.02. The molecule has 1 aliphatic rings. The van der Waals surface area contributed by atoms with Crippen molar-refractivity contribution in [3.8, 4) is 0 Å². The summed E-state index contributed by atoms with van der Waals surface area (Å²) < 4.78 is 26.7. The van der Waals surface area contributed by atoms with Crippen LogP contribution in [0, 0.1) is 0 Å². The van der Waals surface area contributed by atoms with Gasteiger partial charge in [-0.05, 0) is 32.0 Å². The summed E-state index contributed by atoms with van der Waals surface area (Å²) in [5, 5.41) is 3.85. The van der Waals surface area contributed by atoms with Gasteiger partial charge in [0.25, 0.3) is 0 Å². The van der Waals surface area contributed by atoms with Crippen molar-refractivity contribution in [1.82, 2.24) is 9.62 Å². The highest BCUT2D eigenvalue weighted by Gasteiger charge is 2.33. The number of nitrogens with zero attached hydrogens (tertiary/aromatic N) is 1. The zero-order valence-corrected chi connectivity index (χ0v) is 13.1. The Morgan fingerprint density at radius 1 is 1.26 bits per heavy atom. The maximum Gasteiger partial charge on any atom is 0.243 e. The van der Waals surface area contributed by atoms with Gasteiger partial charge in [-0.15, -0.1) is 0 Å². The van der Waals surface area contributed by atoms with E-state index in [0.717, 1.165) is 0 Å². The quantitative estimate of drug-likeness (QED) is 0.909. The number of nitrogens with one attached hydrogen (secondary N) is 1. The number of hydrogen-bond donors (Lipinski definition) is 1. The molecule has 0 saturated carbocycles. The molecule has 4 nitrogen and oxygen atoms in total. The molecule has 0 amide bonds. The van der Waals surface area contributed by atoms with Crippen LogP contribution < -0.4 is 5.32 Å². The van der Waals surface area contributed by atoms with E-state index < -0.39 is 10.0 Å². The Labute approximate surface area is 123 Å². The average molecular weight is 323 g/mol. The van der Waals surface area contributed by atoms with Gasteiger partial charge in [-0.2, -0.15) is 4.31 Å². The molecule has 0 unspecified atom stereocenters. The summed E-state index contributed by atoms with van der Waals surface area (Å²) in [6.45, 7) is 4.93. The van der Waals surface area contributed by atoms with Crippen molar-refractivity contribution in [1.29, 1.82) is 0 Å². The van der Waals surface area contributed by atoms with Gasteiger partial charge in [0, 0.05) is 25.2 Å². The summed E-state index contributed by atoms with van der Waals surface area (Å²) in [6, 6.07) is 4.44. The first-order chi connectivity index (χ1) is 8.82. The zero-order chi connectivity index (χ0) is 14.2. The number of benzene rings is 1. The van der Waals surface area contributed by atoms with Gasteiger partial charge in [0.2, 0.25) is 10.0 Å². The van der Waals surface area contributed by atoms with Crippen molar-refractivity contribution in [2.75, 3.05) is 13.1 Å². The number of piperazine rings is 1. The molecular formula is C12H16Cl2N2O2S. The van der Waals surface area contributed by atoms with Crippen LogP contribution in [0.2, 0.25) is 10.0 Å². The minimum Gasteiger partial charge on any atom is -0.311 e. The molecule has 0 aliphatic carbocycles. The van der Waals surface area contributed by atoms with Gasteiger partial charge in [-0.3, -0.25) is 0 Å². The number of halogens is 2. The summed E-state index contributed by atoms with van der Waals surface area (Å²) in [6.07, 6.45) is 0. The molecule has 0 radical (unpaired) electrons. The maximum absolute atomic E-state index is 12.6. The van der Waals surface area contributed by atoms with E-state index in [1.807, 2.05) is 13.8 Å². The van der Waals surface area contributed by atoms with Crippen LogP contribution in [0.15, 0.2) is 23.1 Å². The second-order valence-electron chi connectivity index (χ2n) is 4.81. The van der Waals surface area contributed by atoms with Gasteiger partial charge in [0.05, 0.1) is 14.9 Å². The lowest BCUT2D eigenvalue weighted by molar-refractivity contribution is 0.244. The van der Waals surface area contributed by atoms with E-state index >= 15 is 0 Å². The molecule has 1 fully saturated rings. The fraction of sp³-hybridized carbons (Fsp3) is 0.500. The molecule has 1 saturated heterocycles. The molecule has 1 N–H and O–H groups in total. The van der Waals surface area contributed by atoms with E-state index in [1.165, 1.54) is 22.5 Å². The van der Waals surface area contributed by atoms with Crippen LogP contribution in [0.25, 0.3) is 0 Å². The largest absolute Gasteiger partial charge is 0.311 e. The molecular weight excluding hydrogens is 307 g/mol. The van der Waals surface area contributed by atoms with Gasteiger partial charge < -0.3 is 5.32 Å². The van der Waals surface area contributed by atoms with Crippen LogP contribution in [0.3, 0.4) is 0 Å². The molecule has 0 bridgehead atoms. The third-order valence-corrected chi connectivity index (χ3v) is 5.92. The predicted molar refractivity (Wildman–Crippen MR) is 77.3 cm³/mol. The Kier molecular flexibility index (Phi) is 4.42. The minimum absolute atomic E-state index is 0.0874. The van der Waals surface area contributed by atoms with Crippen LogP contribution >= 0.6 is 23.2 Å². The molecule has 0 aromatic heterocycles. The summed E-state index contributed by atoms with van der Waals surface area (Å²) in [5.41, 5.74) is 0. The van der Waals surface area contributed by atoms with E-state index in [1.54, 1.807) is 0 Å². The van der Waals surface area contributed by atoms with E-state index in [0.29, 0.717) is 18.1 Å². The molecule has 19 heavy (non-hydrogen) atoms. The second kappa shape index (κ2) is 5.58. The highest BCUT2D eigenvalue weighted by molar-refractivity contribution is 7.89. The standard InChI is InChI=1S/C12H16Cl2N2O2S/c1-8-7-16(9(2)6-15-8)19(17,18)10-3-4-11(13)12(14)5-10/h3-5,8-9,15H,6-7H2,1-2H3/t8-,9+/m1/s1. The van der Waals surface area contributed by atoms with Crippen LogP contribution in [-0.2, 0) is 10.0 Å². The third-order valence-electron chi connectivity index (χ3n) is 3.20. The molecule has 1 aromatic rings. The Morgan fingerprint density at radius 2 is 1.95 bits per heavy atom. The fourth-order valence-corrected chi connectivity index (χ4v) is 4.20. The predicted octanol–water partition coefficient (Wildman–Crippen LogP) is 2.36. The van der Waals surface area contributed by atoms with E-state index in [2.05, 4.69) is 5.32 Å².